The summed E-state index contributed by atoms with van der Waals surface area (Å²) in [5.41, 5.74) is 6.42. The van der Waals surface area contributed by atoms with Crippen LogP contribution in [0.2, 0.25) is 0 Å². The number of amides is 1. The Morgan fingerprint density at radius 2 is 2.05 bits per heavy atom. The molecule has 0 aliphatic carbocycles. The summed E-state index contributed by atoms with van der Waals surface area (Å²) in [5.74, 6) is 0.304. The molecule has 6 nitrogen and oxygen atoms in total. The van der Waals surface area contributed by atoms with E-state index in [9.17, 15) is 14.9 Å². The Balaban J connectivity index is 2.09. The summed E-state index contributed by atoms with van der Waals surface area (Å²) in [6.07, 6.45) is 0.889. The van der Waals surface area contributed by atoms with Gasteiger partial charge in [0, 0.05) is 36.8 Å². The largest absolute Gasteiger partial charge is 0.337 e. The Morgan fingerprint density at radius 1 is 1.42 bits per heavy atom. The lowest BCUT2D eigenvalue weighted by Crippen LogP contribution is -2.49. The minimum absolute atomic E-state index is 0.00394. The van der Waals surface area contributed by atoms with Gasteiger partial charge in [-0.05, 0) is 24.5 Å². The lowest BCUT2D eigenvalue weighted by molar-refractivity contribution is -0.384. The summed E-state index contributed by atoms with van der Waals surface area (Å²) in [7, 11) is 0. The molecule has 2 unspecified atom stereocenters. The quantitative estimate of drug-likeness (QED) is 0.645. The Bertz CT molecular complexity index is 486. The third-order valence-corrected chi connectivity index (χ3v) is 3.63. The first-order valence-corrected chi connectivity index (χ1v) is 6.28. The molecule has 2 atom stereocenters. The molecule has 1 aliphatic heterocycles. The maximum Gasteiger partial charge on any atom is 0.269 e. The molecule has 0 spiro atoms. The SMILES string of the molecule is CC1CCN(C(=O)c2ccc([N+](=O)[O-])cc2)CC1N. The van der Waals surface area contributed by atoms with E-state index in [-0.39, 0.29) is 17.6 Å². The van der Waals surface area contributed by atoms with Crippen LogP contribution in [0.5, 0.6) is 0 Å². The highest BCUT2D eigenvalue weighted by molar-refractivity contribution is 5.94. The Morgan fingerprint density at radius 3 is 2.58 bits per heavy atom. The standard InChI is InChI=1S/C13H17N3O3/c1-9-6-7-15(8-12(9)14)13(17)10-2-4-11(5-3-10)16(18)19/h2-5,9,12H,6-8,14H2,1H3. The van der Waals surface area contributed by atoms with Gasteiger partial charge in [-0.25, -0.2) is 0 Å². The van der Waals surface area contributed by atoms with Gasteiger partial charge in [0.15, 0.2) is 0 Å². The van der Waals surface area contributed by atoms with Crippen molar-refractivity contribution < 1.29 is 9.72 Å². The van der Waals surface area contributed by atoms with E-state index in [4.69, 9.17) is 5.73 Å². The average Bonchev–Trinajstić information content (AvgIpc) is 2.41. The summed E-state index contributed by atoms with van der Waals surface area (Å²) in [4.78, 5) is 24.0. The van der Waals surface area contributed by atoms with E-state index in [1.165, 1.54) is 24.3 Å². The van der Waals surface area contributed by atoms with Gasteiger partial charge in [-0.15, -0.1) is 0 Å². The molecule has 1 saturated heterocycles. The first kappa shape index (κ1) is 13.5. The van der Waals surface area contributed by atoms with E-state index in [2.05, 4.69) is 6.92 Å². The summed E-state index contributed by atoms with van der Waals surface area (Å²) < 4.78 is 0. The molecule has 19 heavy (non-hydrogen) atoms. The van der Waals surface area contributed by atoms with E-state index in [0.29, 0.717) is 24.6 Å². The summed E-state index contributed by atoms with van der Waals surface area (Å²) in [5, 5.41) is 10.6. The number of nitrogens with two attached hydrogens (primary N) is 1. The molecule has 0 radical (unpaired) electrons. The number of likely N-dealkylation sites (tertiary alicyclic amines) is 1. The van der Waals surface area contributed by atoms with Crippen LogP contribution >= 0.6 is 0 Å². The number of carbonyl (C=O) groups is 1. The van der Waals surface area contributed by atoms with Gasteiger partial charge in [0.05, 0.1) is 4.92 Å². The smallest absolute Gasteiger partial charge is 0.269 e. The van der Waals surface area contributed by atoms with Crippen LogP contribution in [-0.4, -0.2) is 34.9 Å². The monoisotopic (exact) mass is 263 g/mol. The zero-order valence-corrected chi connectivity index (χ0v) is 10.8. The molecule has 1 fully saturated rings. The number of piperidine rings is 1. The maximum absolute atomic E-state index is 12.2. The van der Waals surface area contributed by atoms with Crippen molar-refractivity contribution in [2.24, 2.45) is 11.7 Å². The fraction of sp³-hybridized carbons (Fsp3) is 0.462. The van der Waals surface area contributed by atoms with Crippen molar-refractivity contribution in [1.29, 1.82) is 0 Å². The predicted octanol–water partition coefficient (Wildman–Crippen LogP) is 1.40. The van der Waals surface area contributed by atoms with Gasteiger partial charge in [0.25, 0.3) is 11.6 Å². The first-order chi connectivity index (χ1) is 8.99. The highest BCUT2D eigenvalue weighted by atomic mass is 16.6. The minimum atomic E-state index is -0.479. The Labute approximate surface area is 111 Å². The van der Waals surface area contributed by atoms with Crippen molar-refractivity contribution in [3.05, 3.63) is 39.9 Å². The number of non-ortho nitro benzene ring substituents is 1. The van der Waals surface area contributed by atoms with Crippen molar-refractivity contribution in [2.45, 2.75) is 19.4 Å². The average molecular weight is 263 g/mol. The second-order valence-electron chi connectivity index (χ2n) is 4.98. The van der Waals surface area contributed by atoms with Crippen molar-refractivity contribution in [2.75, 3.05) is 13.1 Å². The van der Waals surface area contributed by atoms with Crippen LogP contribution in [-0.2, 0) is 0 Å². The normalized spacial score (nSPS) is 23.2. The van der Waals surface area contributed by atoms with Crippen molar-refractivity contribution >= 4 is 11.6 Å². The van der Waals surface area contributed by atoms with Crippen LogP contribution < -0.4 is 5.73 Å². The van der Waals surface area contributed by atoms with Gasteiger partial charge in [0.1, 0.15) is 0 Å². The number of nitro groups is 1. The fourth-order valence-corrected chi connectivity index (χ4v) is 2.19. The molecule has 1 aromatic rings. The van der Waals surface area contributed by atoms with E-state index in [0.717, 1.165) is 6.42 Å². The predicted molar refractivity (Wildman–Crippen MR) is 70.8 cm³/mol. The van der Waals surface area contributed by atoms with Crippen molar-refractivity contribution in [3.8, 4) is 0 Å². The number of carbonyl (C=O) groups excluding carboxylic acids is 1. The topological polar surface area (TPSA) is 89.5 Å². The van der Waals surface area contributed by atoms with Gasteiger partial charge in [-0.1, -0.05) is 6.92 Å². The fourth-order valence-electron chi connectivity index (χ4n) is 2.19. The molecule has 0 bridgehead atoms. The molecule has 6 heteroatoms. The highest BCUT2D eigenvalue weighted by Gasteiger charge is 2.27. The van der Waals surface area contributed by atoms with Crippen LogP contribution in [0.15, 0.2) is 24.3 Å². The van der Waals surface area contributed by atoms with E-state index < -0.39 is 4.92 Å². The van der Waals surface area contributed by atoms with Gasteiger partial charge in [-0.3, -0.25) is 14.9 Å². The first-order valence-electron chi connectivity index (χ1n) is 6.28. The van der Waals surface area contributed by atoms with Crippen LogP contribution in [0, 0.1) is 16.0 Å². The van der Waals surface area contributed by atoms with E-state index in [1.807, 2.05) is 0 Å². The van der Waals surface area contributed by atoms with Gasteiger partial charge in [0.2, 0.25) is 0 Å². The van der Waals surface area contributed by atoms with Crippen molar-refractivity contribution in [3.63, 3.8) is 0 Å². The van der Waals surface area contributed by atoms with Crippen LogP contribution in [0.25, 0.3) is 0 Å². The van der Waals surface area contributed by atoms with Crippen LogP contribution in [0.4, 0.5) is 5.69 Å². The number of hydrogen-bond donors (Lipinski definition) is 1. The summed E-state index contributed by atoms with van der Waals surface area (Å²) in [6, 6.07) is 5.67. The molecule has 102 valence electrons. The zero-order valence-electron chi connectivity index (χ0n) is 10.8. The molecule has 1 aliphatic rings. The van der Waals surface area contributed by atoms with Gasteiger partial charge < -0.3 is 10.6 Å². The molecule has 2 N–H and O–H groups in total. The number of hydrogen-bond acceptors (Lipinski definition) is 4. The van der Waals surface area contributed by atoms with Crippen molar-refractivity contribution in [1.82, 2.24) is 4.90 Å². The lowest BCUT2D eigenvalue weighted by atomic mass is 9.94. The van der Waals surface area contributed by atoms with Gasteiger partial charge >= 0.3 is 0 Å². The number of rotatable bonds is 2. The molecule has 0 saturated carbocycles. The molecule has 0 aromatic heterocycles. The summed E-state index contributed by atoms with van der Waals surface area (Å²) >= 11 is 0. The molecule has 1 heterocycles. The molecular weight excluding hydrogens is 246 g/mol. The molecule has 1 aromatic carbocycles. The minimum Gasteiger partial charge on any atom is -0.337 e. The number of benzene rings is 1. The second-order valence-corrected chi connectivity index (χ2v) is 4.98. The maximum atomic E-state index is 12.2. The molecule has 1 amide bonds. The molecule has 2 rings (SSSR count). The Kier molecular flexibility index (Phi) is 3.80. The molecular formula is C13H17N3O3. The third-order valence-electron chi connectivity index (χ3n) is 3.63. The lowest BCUT2D eigenvalue weighted by Gasteiger charge is -2.35. The second kappa shape index (κ2) is 5.36. The van der Waals surface area contributed by atoms with Crippen LogP contribution in [0.3, 0.4) is 0 Å². The Hall–Kier alpha value is -1.95. The van der Waals surface area contributed by atoms with Gasteiger partial charge in [-0.2, -0.15) is 0 Å². The number of nitrogens with zero attached hydrogens (tertiary/aromatic N) is 2. The summed E-state index contributed by atoms with van der Waals surface area (Å²) in [6.45, 7) is 3.31. The number of nitro benzene ring substituents is 1. The van der Waals surface area contributed by atoms with Crippen LogP contribution in [0.1, 0.15) is 23.7 Å². The van der Waals surface area contributed by atoms with E-state index in [1.54, 1.807) is 4.90 Å². The van der Waals surface area contributed by atoms with E-state index >= 15 is 0 Å². The zero-order chi connectivity index (χ0) is 14.0. The highest BCUT2D eigenvalue weighted by Crippen LogP contribution is 2.19. The third kappa shape index (κ3) is 2.90.